The zero-order chi connectivity index (χ0) is 13.9. The predicted octanol–water partition coefficient (Wildman–Crippen LogP) is 0.207. The van der Waals surface area contributed by atoms with E-state index in [-0.39, 0.29) is 11.2 Å². The highest BCUT2D eigenvalue weighted by Gasteiger charge is 2.27. The number of aryl methyl sites for hydroxylation is 1. The summed E-state index contributed by atoms with van der Waals surface area (Å²) in [6.45, 7) is 7.46. The summed E-state index contributed by atoms with van der Waals surface area (Å²) in [5.41, 5.74) is 6.04. The molecule has 0 unspecified atom stereocenters. The van der Waals surface area contributed by atoms with E-state index in [1.807, 2.05) is 0 Å². The largest absolute Gasteiger partial charge is 0.372 e. The molecule has 2 N–H and O–H groups in total. The summed E-state index contributed by atoms with van der Waals surface area (Å²) in [6, 6.07) is 1.64. The zero-order valence-corrected chi connectivity index (χ0v) is 11.6. The van der Waals surface area contributed by atoms with Crippen LogP contribution in [0.5, 0.6) is 0 Å². The summed E-state index contributed by atoms with van der Waals surface area (Å²) < 4.78 is 7.13. The van der Waals surface area contributed by atoms with E-state index in [2.05, 4.69) is 23.8 Å². The molecule has 19 heavy (non-hydrogen) atoms. The second-order valence-corrected chi connectivity index (χ2v) is 5.45. The van der Waals surface area contributed by atoms with Gasteiger partial charge in [-0.25, -0.2) is 4.68 Å². The number of ether oxygens (including phenoxy) is 1. The maximum atomic E-state index is 12.0. The van der Waals surface area contributed by atoms with Crippen LogP contribution in [-0.2, 0) is 11.3 Å². The molecule has 0 atom stereocenters. The third-order valence-corrected chi connectivity index (χ3v) is 3.22. The minimum Gasteiger partial charge on any atom is -0.372 e. The van der Waals surface area contributed by atoms with Gasteiger partial charge in [0.05, 0.1) is 24.1 Å². The van der Waals surface area contributed by atoms with Crippen LogP contribution in [0.1, 0.15) is 20.3 Å². The quantitative estimate of drug-likeness (QED) is 0.843. The summed E-state index contributed by atoms with van der Waals surface area (Å²) in [7, 11) is 0. The Morgan fingerprint density at radius 1 is 1.53 bits per heavy atom. The van der Waals surface area contributed by atoms with Crippen LogP contribution in [0.15, 0.2) is 17.1 Å². The standard InChI is InChI=1S/C13H22N4O2/c1-13(2)10-16(6-7-19-13)11-8-12(18)17(15-9-11)5-3-4-14/h8-9H,3-7,10,14H2,1-2H3. The van der Waals surface area contributed by atoms with Gasteiger partial charge in [-0.15, -0.1) is 0 Å². The SMILES string of the molecule is CC1(C)CN(c2cnn(CCCN)c(=O)c2)CCO1. The van der Waals surface area contributed by atoms with E-state index in [1.54, 1.807) is 12.3 Å². The smallest absolute Gasteiger partial charge is 0.268 e. The van der Waals surface area contributed by atoms with Gasteiger partial charge in [0.15, 0.2) is 0 Å². The van der Waals surface area contributed by atoms with E-state index in [0.717, 1.165) is 25.2 Å². The maximum Gasteiger partial charge on any atom is 0.268 e. The number of nitrogens with two attached hydrogens (primary N) is 1. The molecule has 1 saturated heterocycles. The first kappa shape index (κ1) is 14.0. The fraction of sp³-hybridized carbons (Fsp3) is 0.692. The molecule has 1 fully saturated rings. The molecule has 1 aliphatic rings. The van der Waals surface area contributed by atoms with Crippen LogP contribution in [0.2, 0.25) is 0 Å². The van der Waals surface area contributed by atoms with Crippen molar-refractivity contribution in [3.8, 4) is 0 Å². The Labute approximate surface area is 113 Å². The number of morpholine rings is 1. The van der Waals surface area contributed by atoms with Crippen molar-refractivity contribution >= 4 is 5.69 Å². The van der Waals surface area contributed by atoms with Crippen LogP contribution >= 0.6 is 0 Å². The highest BCUT2D eigenvalue weighted by Crippen LogP contribution is 2.21. The fourth-order valence-corrected chi connectivity index (χ4v) is 2.24. The Balaban J connectivity index is 2.13. The summed E-state index contributed by atoms with van der Waals surface area (Å²) >= 11 is 0. The minimum atomic E-state index is -0.188. The van der Waals surface area contributed by atoms with E-state index < -0.39 is 0 Å². The normalized spacial score (nSPS) is 18.6. The van der Waals surface area contributed by atoms with Gasteiger partial charge in [0.2, 0.25) is 0 Å². The zero-order valence-electron chi connectivity index (χ0n) is 11.6. The number of anilines is 1. The van der Waals surface area contributed by atoms with Crippen molar-refractivity contribution in [3.05, 3.63) is 22.6 Å². The molecule has 6 heteroatoms. The lowest BCUT2D eigenvalue weighted by molar-refractivity contribution is -0.0277. The number of nitrogens with zero attached hydrogens (tertiary/aromatic N) is 3. The fourth-order valence-electron chi connectivity index (χ4n) is 2.24. The average molecular weight is 266 g/mol. The second-order valence-electron chi connectivity index (χ2n) is 5.45. The van der Waals surface area contributed by atoms with Gasteiger partial charge in [-0.05, 0) is 26.8 Å². The lowest BCUT2D eigenvalue weighted by Gasteiger charge is -2.39. The Morgan fingerprint density at radius 2 is 2.32 bits per heavy atom. The molecule has 1 aromatic heterocycles. The third-order valence-electron chi connectivity index (χ3n) is 3.22. The average Bonchev–Trinajstić information content (AvgIpc) is 2.36. The van der Waals surface area contributed by atoms with Crippen LogP contribution < -0.4 is 16.2 Å². The molecule has 2 rings (SSSR count). The van der Waals surface area contributed by atoms with E-state index in [0.29, 0.717) is 19.7 Å². The van der Waals surface area contributed by atoms with Gasteiger partial charge < -0.3 is 15.4 Å². The number of hydrogen-bond acceptors (Lipinski definition) is 5. The Bertz CT molecular complexity index is 484. The topological polar surface area (TPSA) is 73.4 Å². The lowest BCUT2D eigenvalue weighted by atomic mass is 10.1. The van der Waals surface area contributed by atoms with E-state index in [9.17, 15) is 4.79 Å². The van der Waals surface area contributed by atoms with Crippen molar-refractivity contribution in [2.45, 2.75) is 32.4 Å². The van der Waals surface area contributed by atoms with Gasteiger partial charge in [-0.3, -0.25) is 4.79 Å². The molecule has 1 aliphatic heterocycles. The van der Waals surface area contributed by atoms with Gasteiger partial charge in [0.25, 0.3) is 5.56 Å². The van der Waals surface area contributed by atoms with Crippen molar-refractivity contribution < 1.29 is 4.74 Å². The molecule has 0 aliphatic carbocycles. The lowest BCUT2D eigenvalue weighted by Crippen LogP contribution is -2.48. The molecular formula is C13H22N4O2. The van der Waals surface area contributed by atoms with E-state index in [1.165, 1.54) is 4.68 Å². The molecule has 0 bridgehead atoms. The Kier molecular flexibility index (Phi) is 4.21. The van der Waals surface area contributed by atoms with Crippen LogP contribution in [0.4, 0.5) is 5.69 Å². The van der Waals surface area contributed by atoms with Crippen molar-refractivity contribution in [2.24, 2.45) is 5.73 Å². The van der Waals surface area contributed by atoms with Crippen molar-refractivity contribution in [1.82, 2.24) is 9.78 Å². The van der Waals surface area contributed by atoms with E-state index in [4.69, 9.17) is 10.5 Å². The van der Waals surface area contributed by atoms with Gasteiger partial charge >= 0.3 is 0 Å². The van der Waals surface area contributed by atoms with Gasteiger partial charge in [0.1, 0.15) is 0 Å². The first-order chi connectivity index (χ1) is 9.02. The highest BCUT2D eigenvalue weighted by molar-refractivity contribution is 5.43. The molecule has 106 valence electrons. The molecule has 0 radical (unpaired) electrons. The number of rotatable bonds is 4. The summed E-state index contributed by atoms with van der Waals surface area (Å²) in [4.78, 5) is 14.1. The van der Waals surface area contributed by atoms with Crippen molar-refractivity contribution in [1.29, 1.82) is 0 Å². The molecule has 1 aromatic rings. The Morgan fingerprint density at radius 3 is 2.95 bits per heavy atom. The molecule has 6 nitrogen and oxygen atoms in total. The van der Waals surface area contributed by atoms with Crippen LogP contribution in [0.25, 0.3) is 0 Å². The molecular weight excluding hydrogens is 244 g/mol. The monoisotopic (exact) mass is 266 g/mol. The molecule has 2 heterocycles. The first-order valence-corrected chi connectivity index (χ1v) is 6.68. The van der Waals surface area contributed by atoms with Crippen LogP contribution in [0, 0.1) is 0 Å². The van der Waals surface area contributed by atoms with Crippen molar-refractivity contribution in [2.75, 3.05) is 31.1 Å². The Hall–Kier alpha value is -1.40. The highest BCUT2D eigenvalue weighted by atomic mass is 16.5. The van der Waals surface area contributed by atoms with Crippen molar-refractivity contribution in [3.63, 3.8) is 0 Å². The van der Waals surface area contributed by atoms with Gasteiger partial charge in [-0.1, -0.05) is 0 Å². The minimum absolute atomic E-state index is 0.0738. The number of aromatic nitrogens is 2. The summed E-state index contributed by atoms with van der Waals surface area (Å²) in [5.74, 6) is 0. The molecule has 0 spiro atoms. The summed E-state index contributed by atoms with van der Waals surface area (Å²) in [5, 5.41) is 4.20. The predicted molar refractivity (Wildman–Crippen MR) is 74.4 cm³/mol. The molecule has 0 aromatic carbocycles. The van der Waals surface area contributed by atoms with Gasteiger partial charge in [0, 0.05) is 25.7 Å². The maximum absolute atomic E-state index is 12.0. The first-order valence-electron chi connectivity index (χ1n) is 6.68. The summed E-state index contributed by atoms with van der Waals surface area (Å²) in [6.07, 6.45) is 2.51. The molecule has 0 amide bonds. The second kappa shape index (κ2) is 5.71. The van der Waals surface area contributed by atoms with Crippen LogP contribution in [0.3, 0.4) is 0 Å². The molecule has 0 saturated carbocycles. The van der Waals surface area contributed by atoms with E-state index >= 15 is 0 Å². The third kappa shape index (κ3) is 3.54. The van der Waals surface area contributed by atoms with Gasteiger partial charge in [-0.2, -0.15) is 5.10 Å². The number of hydrogen-bond donors (Lipinski definition) is 1. The van der Waals surface area contributed by atoms with Crippen LogP contribution in [-0.4, -0.2) is 41.6 Å².